The van der Waals surface area contributed by atoms with Gasteiger partial charge >= 0.3 is 6.03 Å². The number of hydrogen-bond donors (Lipinski definition) is 1. The van der Waals surface area contributed by atoms with Gasteiger partial charge in [0.2, 0.25) is 0 Å². The number of aromatic nitrogens is 2. The van der Waals surface area contributed by atoms with E-state index < -0.39 is 6.04 Å². The molecule has 2 aromatic heterocycles. The number of amides is 2. The minimum atomic E-state index is -0.537. The molecule has 0 aliphatic heterocycles. The molecule has 2 amide bonds. The SMILES string of the molecule is Cc1ccsc1CN(C)C(=O)NC(c1cccc(F)c1)c1nccn1C. The summed E-state index contributed by atoms with van der Waals surface area (Å²) < 4.78 is 15.5. The van der Waals surface area contributed by atoms with E-state index in [1.807, 2.05) is 30.0 Å². The summed E-state index contributed by atoms with van der Waals surface area (Å²) in [5.74, 6) is 0.295. The summed E-state index contributed by atoms with van der Waals surface area (Å²) in [4.78, 5) is 19.8. The van der Waals surface area contributed by atoms with Gasteiger partial charge in [-0.2, -0.15) is 0 Å². The second-order valence-electron chi connectivity index (χ2n) is 6.22. The number of aryl methyl sites for hydroxylation is 2. The van der Waals surface area contributed by atoms with Crippen molar-refractivity contribution in [2.75, 3.05) is 7.05 Å². The van der Waals surface area contributed by atoms with Gasteiger partial charge < -0.3 is 14.8 Å². The van der Waals surface area contributed by atoms with Gasteiger partial charge in [-0.05, 0) is 41.6 Å². The van der Waals surface area contributed by atoms with Crippen molar-refractivity contribution in [2.24, 2.45) is 7.05 Å². The minimum absolute atomic E-state index is 0.241. The third kappa shape index (κ3) is 3.94. The van der Waals surface area contributed by atoms with Gasteiger partial charge in [0.05, 0.1) is 6.54 Å². The van der Waals surface area contributed by atoms with E-state index in [0.717, 1.165) is 4.88 Å². The number of imidazole rings is 1. The fourth-order valence-electron chi connectivity index (χ4n) is 2.73. The number of urea groups is 1. The summed E-state index contributed by atoms with van der Waals surface area (Å²) >= 11 is 1.62. The maximum Gasteiger partial charge on any atom is 0.318 e. The Bertz CT molecular complexity index is 904. The van der Waals surface area contributed by atoms with Crippen LogP contribution in [0.1, 0.15) is 27.9 Å². The molecule has 26 heavy (non-hydrogen) atoms. The van der Waals surface area contributed by atoms with E-state index in [2.05, 4.69) is 10.3 Å². The predicted molar refractivity (Wildman–Crippen MR) is 101 cm³/mol. The van der Waals surface area contributed by atoms with Crippen molar-refractivity contribution in [3.05, 3.63) is 75.8 Å². The Morgan fingerprint density at radius 3 is 2.85 bits per heavy atom. The van der Waals surface area contributed by atoms with Gasteiger partial charge in [0.25, 0.3) is 0 Å². The lowest BCUT2D eigenvalue weighted by molar-refractivity contribution is 0.204. The highest BCUT2D eigenvalue weighted by atomic mass is 32.1. The zero-order valence-corrected chi connectivity index (χ0v) is 15.8. The fourth-order valence-corrected chi connectivity index (χ4v) is 3.68. The first kappa shape index (κ1) is 18.1. The van der Waals surface area contributed by atoms with Crippen molar-refractivity contribution in [2.45, 2.75) is 19.5 Å². The van der Waals surface area contributed by atoms with Crippen LogP contribution in [0.4, 0.5) is 9.18 Å². The molecule has 1 aromatic carbocycles. The lowest BCUT2D eigenvalue weighted by Crippen LogP contribution is -2.40. The van der Waals surface area contributed by atoms with Crippen LogP contribution < -0.4 is 5.32 Å². The Labute approximate surface area is 156 Å². The smallest absolute Gasteiger partial charge is 0.318 e. The molecule has 0 saturated carbocycles. The summed E-state index contributed by atoms with van der Waals surface area (Å²) in [7, 11) is 3.59. The van der Waals surface area contributed by atoms with E-state index in [-0.39, 0.29) is 11.8 Å². The van der Waals surface area contributed by atoms with E-state index in [9.17, 15) is 9.18 Å². The van der Waals surface area contributed by atoms with E-state index in [0.29, 0.717) is 17.9 Å². The normalized spacial score (nSPS) is 12.0. The number of nitrogens with zero attached hydrogens (tertiary/aromatic N) is 3. The highest BCUT2D eigenvalue weighted by molar-refractivity contribution is 7.10. The van der Waals surface area contributed by atoms with Crippen LogP contribution in [0.5, 0.6) is 0 Å². The van der Waals surface area contributed by atoms with Crippen molar-refractivity contribution in [3.63, 3.8) is 0 Å². The molecular formula is C19H21FN4OS. The number of nitrogens with one attached hydrogen (secondary N) is 1. The monoisotopic (exact) mass is 372 g/mol. The lowest BCUT2D eigenvalue weighted by atomic mass is 10.1. The summed E-state index contributed by atoms with van der Waals surface area (Å²) in [6.45, 7) is 2.55. The highest BCUT2D eigenvalue weighted by Crippen LogP contribution is 2.22. The summed E-state index contributed by atoms with van der Waals surface area (Å²) in [5, 5.41) is 4.99. The van der Waals surface area contributed by atoms with Gasteiger partial charge in [0.1, 0.15) is 17.7 Å². The Balaban J connectivity index is 1.82. The first-order valence-corrected chi connectivity index (χ1v) is 9.11. The molecule has 7 heteroatoms. The van der Waals surface area contributed by atoms with Gasteiger partial charge in [0.15, 0.2) is 0 Å². The van der Waals surface area contributed by atoms with E-state index in [1.54, 1.807) is 47.8 Å². The third-order valence-electron chi connectivity index (χ3n) is 4.26. The first-order chi connectivity index (χ1) is 12.5. The predicted octanol–water partition coefficient (Wildman–Crippen LogP) is 3.86. The third-order valence-corrected chi connectivity index (χ3v) is 5.27. The Morgan fingerprint density at radius 2 is 2.23 bits per heavy atom. The number of benzene rings is 1. The average Bonchev–Trinajstić information content (AvgIpc) is 3.21. The number of carbonyl (C=O) groups is 1. The Kier molecular flexibility index (Phi) is 5.37. The molecule has 5 nitrogen and oxygen atoms in total. The molecule has 3 aromatic rings. The second-order valence-corrected chi connectivity index (χ2v) is 7.22. The standard InChI is InChI=1S/C19H21FN4OS/c1-13-7-10-26-16(13)12-24(3)19(25)22-17(18-21-8-9-23(18)2)14-5-4-6-15(20)11-14/h4-11,17H,12H2,1-3H3,(H,22,25). The molecule has 136 valence electrons. The topological polar surface area (TPSA) is 50.2 Å². The largest absolute Gasteiger partial charge is 0.336 e. The molecule has 0 aliphatic carbocycles. The van der Waals surface area contributed by atoms with Crippen molar-refractivity contribution in [3.8, 4) is 0 Å². The Morgan fingerprint density at radius 1 is 1.42 bits per heavy atom. The number of carbonyl (C=O) groups excluding carboxylic acids is 1. The number of rotatable bonds is 5. The molecule has 0 bridgehead atoms. The van der Waals surface area contributed by atoms with E-state index in [4.69, 9.17) is 0 Å². The van der Waals surface area contributed by atoms with Crippen molar-refractivity contribution < 1.29 is 9.18 Å². The molecule has 1 atom stereocenters. The quantitative estimate of drug-likeness (QED) is 0.739. The number of hydrogen-bond acceptors (Lipinski definition) is 3. The molecule has 2 heterocycles. The summed E-state index contributed by atoms with van der Waals surface area (Å²) in [6, 6.07) is 7.47. The van der Waals surface area contributed by atoms with Crippen LogP contribution in [0.3, 0.4) is 0 Å². The molecular weight excluding hydrogens is 351 g/mol. The van der Waals surface area contributed by atoms with Crippen LogP contribution in [-0.4, -0.2) is 27.5 Å². The van der Waals surface area contributed by atoms with Gasteiger partial charge in [-0.1, -0.05) is 12.1 Å². The van der Waals surface area contributed by atoms with E-state index >= 15 is 0 Å². The first-order valence-electron chi connectivity index (χ1n) is 8.23. The van der Waals surface area contributed by atoms with Crippen LogP contribution in [0, 0.1) is 12.7 Å². The van der Waals surface area contributed by atoms with Crippen LogP contribution in [0.25, 0.3) is 0 Å². The molecule has 0 aliphatic rings. The maximum absolute atomic E-state index is 13.7. The van der Waals surface area contributed by atoms with Crippen molar-refractivity contribution in [1.82, 2.24) is 19.8 Å². The zero-order valence-electron chi connectivity index (χ0n) is 14.9. The molecule has 0 saturated heterocycles. The van der Waals surface area contributed by atoms with E-state index in [1.165, 1.54) is 17.7 Å². The Hall–Kier alpha value is -2.67. The number of thiophene rings is 1. The average molecular weight is 372 g/mol. The minimum Gasteiger partial charge on any atom is -0.336 e. The molecule has 0 spiro atoms. The zero-order chi connectivity index (χ0) is 18.7. The van der Waals surface area contributed by atoms with Crippen LogP contribution in [0.15, 0.2) is 48.1 Å². The van der Waals surface area contributed by atoms with Gasteiger partial charge in [-0.15, -0.1) is 11.3 Å². The van der Waals surface area contributed by atoms with Gasteiger partial charge in [-0.25, -0.2) is 14.2 Å². The molecule has 0 radical (unpaired) electrons. The van der Waals surface area contributed by atoms with Crippen LogP contribution in [0.2, 0.25) is 0 Å². The van der Waals surface area contributed by atoms with Crippen LogP contribution >= 0.6 is 11.3 Å². The van der Waals surface area contributed by atoms with Gasteiger partial charge in [-0.3, -0.25) is 0 Å². The summed E-state index contributed by atoms with van der Waals surface area (Å²) in [6.07, 6.45) is 3.46. The lowest BCUT2D eigenvalue weighted by Gasteiger charge is -2.24. The van der Waals surface area contributed by atoms with Crippen LogP contribution in [-0.2, 0) is 13.6 Å². The molecule has 1 unspecified atom stereocenters. The molecule has 1 N–H and O–H groups in total. The molecule has 3 rings (SSSR count). The summed E-state index contributed by atoms with van der Waals surface area (Å²) in [5.41, 5.74) is 1.81. The second kappa shape index (κ2) is 7.70. The highest BCUT2D eigenvalue weighted by Gasteiger charge is 2.23. The number of halogens is 1. The molecule has 0 fully saturated rings. The van der Waals surface area contributed by atoms with Gasteiger partial charge in [0, 0.05) is 31.4 Å². The van der Waals surface area contributed by atoms with Crippen molar-refractivity contribution in [1.29, 1.82) is 0 Å². The fraction of sp³-hybridized carbons (Fsp3) is 0.263. The van der Waals surface area contributed by atoms with Crippen molar-refractivity contribution >= 4 is 17.4 Å². The maximum atomic E-state index is 13.7.